The molecular weight excluding hydrogens is 339 g/mol. The lowest BCUT2D eigenvalue weighted by atomic mass is 9.78. The van der Waals surface area contributed by atoms with E-state index in [1.54, 1.807) is 18.2 Å². The van der Waals surface area contributed by atoms with Crippen molar-refractivity contribution in [2.24, 2.45) is 0 Å². The molecule has 3 N–H and O–H groups in total. The maximum absolute atomic E-state index is 13.5. The highest BCUT2D eigenvalue weighted by atomic mass is 19.1. The van der Waals surface area contributed by atoms with E-state index in [0.717, 1.165) is 0 Å². The minimum atomic E-state index is -0.344. The summed E-state index contributed by atoms with van der Waals surface area (Å²) in [7, 11) is 1.54. The van der Waals surface area contributed by atoms with Crippen molar-refractivity contribution < 1.29 is 13.9 Å². The summed E-state index contributed by atoms with van der Waals surface area (Å²) in [5.74, 6) is 0.280. The molecule has 0 radical (unpaired) electrons. The number of nitrogens with zero attached hydrogens (tertiary/aromatic N) is 1. The normalized spacial score (nSPS) is 18.8. The van der Waals surface area contributed by atoms with Gasteiger partial charge in [0.2, 0.25) is 0 Å². The van der Waals surface area contributed by atoms with Gasteiger partial charge in [-0.1, -0.05) is 18.2 Å². The molecule has 0 bridgehead atoms. The zero-order valence-corrected chi connectivity index (χ0v) is 14.4. The molecule has 0 saturated heterocycles. The summed E-state index contributed by atoms with van der Waals surface area (Å²) in [6.45, 7) is 0.376. The maximum Gasteiger partial charge on any atom is 0.315 e. The number of urea groups is 1. The van der Waals surface area contributed by atoms with Gasteiger partial charge in [-0.05, 0) is 18.9 Å². The molecule has 8 heteroatoms. The molecule has 1 aliphatic carbocycles. The average molecular weight is 360 g/mol. The summed E-state index contributed by atoms with van der Waals surface area (Å²) < 4.78 is 18.5. The number of rotatable bonds is 6. The molecule has 0 atom stereocenters. The monoisotopic (exact) mass is 360 g/mol. The molecule has 3 rings (SSSR count). The number of amides is 2. The lowest BCUT2D eigenvalue weighted by molar-refractivity contribution is 0.176. The van der Waals surface area contributed by atoms with Gasteiger partial charge in [0.25, 0.3) is 5.56 Å². The Hall–Kier alpha value is -2.74. The van der Waals surface area contributed by atoms with Crippen LogP contribution < -0.4 is 16.2 Å². The second-order valence-corrected chi connectivity index (χ2v) is 6.33. The first kappa shape index (κ1) is 18.1. The molecule has 1 fully saturated rings. The summed E-state index contributed by atoms with van der Waals surface area (Å²) in [6.07, 6.45) is 1.41. The van der Waals surface area contributed by atoms with Gasteiger partial charge >= 0.3 is 6.03 Å². The maximum atomic E-state index is 13.5. The number of aromatic nitrogens is 2. The van der Waals surface area contributed by atoms with Crippen molar-refractivity contribution in [3.8, 4) is 0 Å². The predicted molar refractivity (Wildman–Crippen MR) is 93.1 cm³/mol. The van der Waals surface area contributed by atoms with Gasteiger partial charge in [0, 0.05) is 37.2 Å². The van der Waals surface area contributed by atoms with Gasteiger partial charge in [0.1, 0.15) is 18.2 Å². The summed E-state index contributed by atoms with van der Waals surface area (Å²) in [6, 6.07) is 7.47. The fourth-order valence-corrected chi connectivity index (χ4v) is 2.97. The highest BCUT2D eigenvalue weighted by Gasteiger charge is 2.32. The first-order chi connectivity index (χ1) is 12.5. The second-order valence-electron chi connectivity index (χ2n) is 6.33. The molecule has 7 nitrogen and oxygen atoms in total. The summed E-state index contributed by atoms with van der Waals surface area (Å²) in [5.41, 5.74) is 0.944. The number of carbonyl (C=O) groups is 1. The first-order valence-electron chi connectivity index (χ1n) is 8.42. The van der Waals surface area contributed by atoms with Gasteiger partial charge in [-0.15, -0.1) is 0 Å². The van der Waals surface area contributed by atoms with E-state index in [1.165, 1.54) is 19.2 Å². The summed E-state index contributed by atoms with van der Waals surface area (Å²) in [5, 5.41) is 5.50. The molecule has 1 aliphatic rings. The van der Waals surface area contributed by atoms with Crippen LogP contribution in [0.4, 0.5) is 9.18 Å². The molecule has 0 unspecified atom stereocenters. The number of H-pyrrole nitrogens is 1. The Morgan fingerprint density at radius 1 is 1.38 bits per heavy atom. The number of aromatic amines is 1. The number of hydrogen-bond acceptors (Lipinski definition) is 4. The van der Waals surface area contributed by atoms with Gasteiger partial charge in [-0.2, -0.15) is 0 Å². The van der Waals surface area contributed by atoms with Crippen molar-refractivity contribution in [3.63, 3.8) is 0 Å². The fourth-order valence-electron chi connectivity index (χ4n) is 2.97. The SMILES string of the molecule is COCc1nc(C2CC(NC(=O)NCc3ccccc3F)C2)cc(=O)[nH]1. The van der Waals surface area contributed by atoms with Crippen LogP contribution in [0.2, 0.25) is 0 Å². The number of halogens is 1. The van der Waals surface area contributed by atoms with Crippen LogP contribution >= 0.6 is 0 Å². The van der Waals surface area contributed by atoms with E-state index in [9.17, 15) is 14.0 Å². The van der Waals surface area contributed by atoms with Crippen molar-refractivity contribution in [3.05, 3.63) is 63.6 Å². The molecule has 2 aromatic rings. The highest BCUT2D eigenvalue weighted by molar-refractivity contribution is 5.74. The van der Waals surface area contributed by atoms with Crippen LogP contribution in [0.25, 0.3) is 0 Å². The summed E-state index contributed by atoms with van der Waals surface area (Å²) in [4.78, 5) is 30.6. The Balaban J connectivity index is 1.47. The Bertz CT molecular complexity index is 833. The topological polar surface area (TPSA) is 96.1 Å². The second kappa shape index (κ2) is 8.09. The average Bonchev–Trinajstić information content (AvgIpc) is 2.56. The molecule has 0 aliphatic heterocycles. The van der Waals surface area contributed by atoms with Gasteiger partial charge in [0.15, 0.2) is 0 Å². The smallest absolute Gasteiger partial charge is 0.315 e. The molecule has 2 amide bonds. The molecule has 26 heavy (non-hydrogen) atoms. The van der Waals surface area contributed by atoms with Crippen LogP contribution in [0.15, 0.2) is 35.1 Å². The van der Waals surface area contributed by atoms with E-state index in [0.29, 0.717) is 29.9 Å². The van der Waals surface area contributed by atoms with Gasteiger partial charge < -0.3 is 20.4 Å². The lowest BCUT2D eigenvalue weighted by Crippen LogP contribution is -2.47. The molecule has 0 spiro atoms. The predicted octanol–water partition coefficient (Wildman–Crippen LogP) is 1.80. The van der Waals surface area contributed by atoms with Crippen LogP contribution in [0.3, 0.4) is 0 Å². The van der Waals surface area contributed by atoms with Crippen molar-refractivity contribution in [2.75, 3.05) is 7.11 Å². The number of carbonyl (C=O) groups excluding carboxylic acids is 1. The first-order valence-corrected chi connectivity index (χ1v) is 8.42. The third-order valence-electron chi connectivity index (χ3n) is 4.38. The quantitative estimate of drug-likeness (QED) is 0.732. The molecule has 1 heterocycles. The van der Waals surface area contributed by atoms with Crippen molar-refractivity contribution >= 4 is 6.03 Å². The fraction of sp³-hybridized carbons (Fsp3) is 0.389. The van der Waals surface area contributed by atoms with E-state index in [4.69, 9.17) is 4.74 Å². The van der Waals surface area contributed by atoms with Crippen LogP contribution in [0.5, 0.6) is 0 Å². The Morgan fingerprint density at radius 2 is 2.15 bits per heavy atom. The molecule has 138 valence electrons. The van der Waals surface area contributed by atoms with Crippen LogP contribution in [0, 0.1) is 5.82 Å². The van der Waals surface area contributed by atoms with Gasteiger partial charge in [0.05, 0.1) is 5.69 Å². The van der Waals surface area contributed by atoms with Gasteiger partial charge in [-0.3, -0.25) is 4.79 Å². The standard InChI is InChI=1S/C18H21FN4O3/c1-26-10-16-22-15(8-17(24)23-16)12-6-13(7-12)21-18(25)20-9-11-4-2-3-5-14(11)19/h2-5,8,12-13H,6-7,9-10H2,1H3,(H2,20,21,25)(H,22,23,24). The van der Waals surface area contributed by atoms with Crippen molar-refractivity contribution in [1.82, 2.24) is 20.6 Å². The lowest BCUT2D eigenvalue weighted by Gasteiger charge is -2.35. The molecular formula is C18H21FN4O3. The largest absolute Gasteiger partial charge is 0.377 e. The van der Waals surface area contributed by atoms with Crippen LogP contribution in [-0.2, 0) is 17.9 Å². The number of nitrogens with one attached hydrogen (secondary N) is 3. The zero-order valence-electron chi connectivity index (χ0n) is 14.4. The Morgan fingerprint density at radius 3 is 2.88 bits per heavy atom. The molecule has 1 saturated carbocycles. The van der Waals surface area contributed by atoms with Crippen LogP contribution in [0.1, 0.15) is 35.8 Å². The van der Waals surface area contributed by atoms with E-state index in [2.05, 4.69) is 20.6 Å². The van der Waals surface area contributed by atoms with E-state index < -0.39 is 0 Å². The van der Waals surface area contributed by atoms with Gasteiger partial charge in [-0.25, -0.2) is 14.2 Å². The number of benzene rings is 1. The van der Waals surface area contributed by atoms with Crippen LogP contribution in [-0.4, -0.2) is 29.2 Å². The molecule has 1 aromatic heterocycles. The Labute approximate surface area is 150 Å². The third kappa shape index (κ3) is 4.45. The summed E-state index contributed by atoms with van der Waals surface area (Å²) >= 11 is 0. The number of hydrogen-bond donors (Lipinski definition) is 3. The van der Waals surface area contributed by atoms with Crippen molar-refractivity contribution in [2.45, 2.75) is 38.0 Å². The number of methoxy groups -OCH3 is 1. The zero-order chi connectivity index (χ0) is 18.5. The van der Waals surface area contributed by atoms with E-state index in [1.807, 2.05) is 0 Å². The van der Waals surface area contributed by atoms with E-state index >= 15 is 0 Å². The minimum absolute atomic E-state index is 0.00702. The van der Waals surface area contributed by atoms with E-state index in [-0.39, 0.29) is 42.5 Å². The van der Waals surface area contributed by atoms with Crippen molar-refractivity contribution in [1.29, 1.82) is 0 Å². The highest BCUT2D eigenvalue weighted by Crippen LogP contribution is 2.35. The number of ether oxygens (including phenoxy) is 1. The third-order valence-corrected chi connectivity index (χ3v) is 4.38. The molecule has 1 aromatic carbocycles. The Kier molecular flexibility index (Phi) is 5.62. The minimum Gasteiger partial charge on any atom is -0.377 e.